The first kappa shape index (κ1) is 15.2. The maximum absolute atomic E-state index is 13.2. The van der Waals surface area contributed by atoms with Gasteiger partial charge in [0.2, 0.25) is 0 Å². The van der Waals surface area contributed by atoms with E-state index in [0.717, 1.165) is 6.07 Å². The Morgan fingerprint density at radius 1 is 1.43 bits per heavy atom. The number of anilines is 1. The van der Waals surface area contributed by atoms with E-state index in [1.54, 1.807) is 0 Å². The molecule has 1 atom stereocenters. The molecular formula is C12H9ClF3N3O2. The molecule has 2 N–H and O–H groups in total. The largest absolute Gasteiger partial charge is 0.444 e. The van der Waals surface area contributed by atoms with Crippen LogP contribution in [0.5, 0.6) is 5.75 Å². The molecule has 0 aliphatic heterocycles. The fourth-order valence-corrected chi connectivity index (χ4v) is 1.46. The lowest BCUT2D eigenvalue weighted by Gasteiger charge is -2.19. The Morgan fingerprint density at radius 3 is 2.76 bits per heavy atom. The minimum Gasteiger partial charge on any atom is -0.427 e. The summed E-state index contributed by atoms with van der Waals surface area (Å²) in [6, 6.07) is 5.35. The Kier molecular flexibility index (Phi) is 4.37. The summed E-state index contributed by atoms with van der Waals surface area (Å²) < 4.78 is 43.1. The second kappa shape index (κ2) is 6.04. The number of rotatable bonds is 5. The van der Waals surface area contributed by atoms with Crippen LogP contribution in [0.4, 0.5) is 18.9 Å². The summed E-state index contributed by atoms with van der Waals surface area (Å²) in [7, 11) is 0. The van der Waals surface area contributed by atoms with E-state index in [1.165, 1.54) is 30.6 Å². The molecule has 0 spiro atoms. The lowest BCUT2D eigenvalue weighted by atomic mass is 10.2. The zero-order chi connectivity index (χ0) is 15.5. The van der Waals surface area contributed by atoms with Gasteiger partial charge in [-0.05, 0) is 12.1 Å². The summed E-state index contributed by atoms with van der Waals surface area (Å²) in [5, 5.41) is 8.37. The fourth-order valence-electron chi connectivity index (χ4n) is 1.42. The van der Waals surface area contributed by atoms with E-state index in [2.05, 4.69) is 20.3 Å². The number of aromatic nitrogens is 2. The maximum atomic E-state index is 13.2. The topological polar surface area (TPSA) is 67.0 Å². The molecule has 0 saturated carbocycles. The van der Waals surface area contributed by atoms with Gasteiger partial charge >= 0.3 is 6.11 Å². The molecule has 0 radical (unpaired) electrons. The van der Waals surface area contributed by atoms with Crippen molar-refractivity contribution < 1.29 is 22.7 Å². The minimum atomic E-state index is -4.22. The molecule has 5 nitrogen and oxygen atoms in total. The molecule has 112 valence electrons. The average Bonchev–Trinajstić information content (AvgIpc) is 2.94. The third-order valence-corrected chi connectivity index (χ3v) is 2.65. The van der Waals surface area contributed by atoms with Crippen LogP contribution >= 0.6 is 11.6 Å². The molecule has 1 amide bonds. The van der Waals surface area contributed by atoms with Crippen molar-refractivity contribution >= 4 is 23.2 Å². The highest BCUT2D eigenvalue weighted by Gasteiger charge is 2.42. The van der Waals surface area contributed by atoms with Crippen molar-refractivity contribution in [3.8, 4) is 5.75 Å². The number of amides is 1. The van der Waals surface area contributed by atoms with E-state index in [9.17, 15) is 18.0 Å². The first-order chi connectivity index (χ1) is 9.90. The summed E-state index contributed by atoms with van der Waals surface area (Å²) in [6.07, 6.45) is -1.65. The quantitative estimate of drug-likeness (QED) is 0.832. The number of alkyl halides is 4. The van der Waals surface area contributed by atoms with E-state index in [1.807, 2.05) is 0 Å². The predicted octanol–water partition coefficient (Wildman–Crippen LogP) is 3.17. The summed E-state index contributed by atoms with van der Waals surface area (Å²) in [5.74, 6) is -1.01. The zero-order valence-corrected chi connectivity index (χ0v) is 11.1. The van der Waals surface area contributed by atoms with Crippen LogP contribution in [0.3, 0.4) is 0 Å². The number of H-pyrrole nitrogens is 1. The second-order valence-electron chi connectivity index (χ2n) is 3.90. The van der Waals surface area contributed by atoms with Crippen LogP contribution in [0.2, 0.25) is 0 Å². The number of hydrogen-bond acceptors (Lipinski definition) is 3. The highest BCUT2D eigenvalue weighted by molar-refractivity contribution is 6.20. The Hall–Kier alpha value is -2.22. The molecule has 0 aliphatic carbocycles. The van der Waals surface area contributed by atoms with Crippen molar-refractivity contribution in [1.82, 2.24) is 10.2 Å². The fraction of sp³-hybridized carbons (Fsp3) is 0.167. The van der Waals surface area contributed by atoms with Crippen molar-refractivity contribution in [3.05, 3.63) is 42.2 Å². The van der Waals surface area contributed by atoms with E-state index in [4.69, 9.17) is 11.6 Å². The highest BCUT2D eigenvalue weighted by atomic mass is 35.5. The molecule has 1 heterocycles. The molecule has 1 unspecified atom stereocenters. The molecule has 0 fully saturated rings. The normalized spacial score (nSPS) is 12.8. The Bertz CT molecular complexity index is 620. The van der Waals surface area contributed by atoms with Crippen LogP contribution in [0.25, 0.3) is 0 Å². The molecule has 0 saturated heterocycles. The number of para-hydroxylation sites is 2. The van der Waals surface area contributed by atoms with Gasteiger partial charge in [-0.15, -0.1) is 0 Å². The van der Waals surface area contributed by atoms with Gasteiger partial charge in [0.05, 0.1) is 17.4 Å². The molecule has 2 rings (SSSR count). The molecule has 1 aromatic carbocycles. The standard InChI is InChI=1S/C12H9ClF3N3O2/c13-11(14)12(15,16)21-9-4-2-1-3-8(9)19-10(20)7-5-17-18-6-7/h1-6,11H,(H,17,18)(H,19,20). The predicted molar refractivity (Wildman–Crippen MR) is 69.3 cm³/mol. The Labute approximate surface area is 122 Å². The first-order valence-electron chi connectivity index (χ1n) is 5.64. The summed E-state index contributed by atoms with van der Waals surface area (Å²) in [5.41, 5.74) is -2.88. The molecule has 0 bridgehead atoms. The van der Waals surface area contributed by atoms with Crippen molar-refractivity contribution in [2.45, 2.75) is 11.7 Å². The number of aromatic amines is 1. The van der Waals surface area contributed by atoms with Crippen molar-refractivity contribution in [3.63, 3.8) is 0 Å². The number of nitrogens with one attached hydrogen (secondary N) is 2. The van der Waals surface area contributed by atoms with E-state index < -0.39 is 23.4 Å². The van der Waals surface area contributed by atoms with Crippen molar-refractivity contribution in [1.29, 1.82) is 0 Å². The van der Waals surface area contributed by atoms with E-state index in [0.29, 0.717) is 0 Å². The number of carbonyl (C=O) groups is 1. The van der Waals surface area contributed by atoms with E-state index in [-0.39, 0.29) is 11.3 Å². The van der Waals surface area contributed by atoms with Gasteiger partial charge < -0.3 is 10.1 Å². The first-order valence-corrected chi connectivity index (χ1v) is 6.08. The number of hydrogen-bond donors (Lipinski definition) is 2. The SMILES string of the molecule is O=C(Nc1ccccc1OC(F)(F)C(F)Cl)c1cn[nH]c1. The maximum Gasteiger partial charge on any atom is 0.444 e. The third-order valence-electron chi connectivity index (χ3n) is 2.40. The molecule has 21 heavy (non-hydrogen) atoms. The molecule has 9 heteroatoms. The van der Waals surface area contributed by atoms with Gasteiger partial charge in [-0.25, -0.2) is 4.39 Å². The Balaban J connectivity index is 2.19. The van der Waals surface area contributed by atoms with Crippen LogP contribution in [0.1, 0.15) is 10.4 Å². The van der Waals surface area contributed by atoms with Gasteiger partial charge in [0.25, 0.3) is 11.5 Å². The number of carbonyl (C=O) groups excluding carboxylic acids is 1. The van der Waals surface area contributed by atoms with E-state index >= 15 is 0 Å². The zero-order valence-electron chi connectivity index (χ0n) is 10.3. The average molecular weight is 320 g/mol. The summed E-state index contributed by atoms with van der Waals surface area (Å²) in [6.45, 7) is 0. The molecular weight excluding hydrogens is 311 g/mol. The van der Waals surface area contributed by atoms with Gasteiger partial charge in [-0.3, -0.25) is 9.89 Å². The van der Waals surface area contributed by atoms with Crippen LogP contribution in [-0.2, 0) is 0 Å². The van der Waals surface area contributed by atoms with Crippen LogP contribution < -0.4 is 10.1 Å². The van der Waals surface area contributed by atoms with Gasteiger partial charge in [0.15, 0.2) is 0 Å². The Morgan fingerprint density at radius 2 is 2.14 bits per heavy atom. The van der Waals surface area contributed by atoms with Gasteiger partial charge in [0.1, 0.15) is 5.75 Å². The molecule has 2 aromatic rings. The summed E-state index contributed by atoms with van der Waals surface area (Å²) in [4.78, 5) is 11.8. The number of benzene rings is 1. The number of ether oxygens (including phenoxy) is 1. The van der Waals surface area contributed by atoms with Crippen molar-refractivity contribution in [2.24, 2.45) is 0 Å². The minimum absolute atomic E-state index is 0.0549. The van der Waals surface area contributed by atoms with Gasteiger partial charge in [0, 0.05) is 6.20 Å². The highest BCUT2D eigenvalue weighted by Crippen LogP contribution is 2.33. The lowest BCUT2D eigenvalue weighted by molar-refractivity contribution is -0.198. The third kappa shape index (κ3) is 3.66. The van der Waals surface area contributed by atoms with Gasteiger partial charge in [-0.2, -0.15) is 13.9 Å². The van der Waals surface area contributed by atoms with Crippen LogP contribution in [0.15, 0.2) is 36.7 Å². The smallest absolute Gasteiger partial charge is 0.427 e. The number of halogens is 4. The monoisotopic (exact) mass is 319 g/mol. The summed E-state index contributed by atoms with van der Waals surface area (Å²) >= 11 is 4.72. The van der Waals surface area contributed by atoms with Crippen LogP contribution in [-0.4, -0.2) is 27.8 Å². The van der Waals surface area contributed by atoms with Crippen LogP contribution in [0, 0.1) is 0 Å². The lowest BCUT2D eigenvalue weighted by Crippen LogP contribution is -2.33. The van der Waals surface area contributed by atoms with Crippen molar-refractivity contribution in [2.75, 3.05) is 5.32 Å². The second-order valence-corrected chi connectivity index (χ2v) is 4.28. The molecule has 0 aliphatic rings. The molecule has 1 aromatic heterocycles. The van der Waals surface area contributed by atoms with Gasteiger partial charge in [-0.1, -0.05) is 23.7 Å². The number of nitrogens with zero attached hydrogens (tertiary/aromatic N) is 1.